The Kier molecular flexibility index (Phi) is 4.00. The van der Waals surface area contributed by atoms with Crippen LogP contribution >= 0.6 is 0 Å². The van der Waals surface area contributed by atoms with Gasteiger partial charge in [0.2, 0.25) is 0 Å². The van der Waals surface area contributed by atoms with Gasteiger partial charge in [0.1, 0.15) is 0 Å². The summed E-state index contributed by atoms with van der Waals surface area (Å²) < 4.78 is 0. The lowest BCUT2D eigenvalue weighted by Crippen LogP contribution is -1.95. The summed E-state index contributed by atoms with van der Waals surface area (Å²) in [5.41, 5.74) is 7.03. The van der Waals surface area contributed by atoms with Crippen LogP contribution in [0.2, 0.25) is 0 Å². The molecule has 0 unspecified atom stereocenters. The van der Waals surface area contributed by atoms with E-state index >= 15 is 0 Å². The Bertz CT molecular complexity index is 572. The molecule has 2 aromatic carbocycles. The maximum absolute atomic E-state index is 4.45. The maximum Gasteiger partial charge on any atom is 0.0930 e. The summed E-state index contributed by atoms with van der Waals surface area (Å²) in [5, 5.41) is 3.22. The lowest BCUT2D eigenvalue weighted by molar-refractivity contribution is 1.36. The lowest BCUT2D eigenvalue weighted by atomic mass is 10.1. The Labute approximate surface area is 115 Å². The molecule has 0 aliphatic heterocycles. The van der Waals surface area contributed by atoms with Crippen LogP contribution < -0.4 is 5.32 Å². The summed E-state index contributed by atoms with van der Waals surface area (Å²) in [6.45, 7) is 8.37. The third-order valence-electron chi connectivity index (χ3n) is 2.87. The quantitative estimate of drug-likeness (QED) is 0.622. The highest BCUT2D eigenvalue weighted by atomic mass is 14.9. The summed E-state index contributed by atoms with van der Waals surface area (Å²) in [5.74, 6) is 0. The average molecular weight is 252 g/mol. The van der Waals surface area contributed by atoms with Gasteiger partial charge in [-0.2, -0.15) is 0 Å². The summed E-state index contributed by atoms with van der Waals surface area (Å²) in [6, 6.07) is 12.7. The molecule has 0 saturated carbocycles. The maximum atomic E-state index is 4.45. The van der Waals surface area contributed by atoms with Gasteiger partial charge in [0.15, 0.2) is 0 Å². The summed E-state index contributed by atoms with van der Waals surface area (Å²) in [6.07, 6.45) is 1.75. The Morgan fingerprint density at radius 1 is 0.737 bits per heavy atom. The number of nitrogens with zero attached hydrogens (tertiary/aromatic N) is 1. The molecular weight excluding hydrogens is 232 g/mol. The van der Waals surface area contributed by atoms with Crippen molar-refractivity contribution < 1.29 is 0 Å². The number of aliphatic imine (C=N–C) groups is 1. The highest BCUT2D eigenvalue weighted by Crippen LogP contribution is 2.17. The van der Waals surface area contributed by atoms with Crippen molar-refractivity contribution >= 4 is 17.7 Å². The normalized spacial score (nSPS) is 10.9. The zero-order valence-corrected chi connectivity index (χ0v) is 12.0. The molecule has 1 N–H and O–H groups in total. The molecule has 2 rings (SSSR count). The minimum absolute atomic E-state index is 0.981. The van der Waals surface area contributed by atoms with E-state index in [1.807, 2.05) is 0 Å². The molecule has 2 heteroatoms. The fourth-order valence-electron chi connectivity index (χ4n) is 2.26. The Balaban J connectivity index is 2.11. The standard InChI is InChI=1S/C17H20N2/c1-12-5-13(2)8-16(7-12)18-11-19-17-9-14(3)6-15(4)10-17/h5-11H,1-4H3,(H,18,19). The van der Waals surface area contributed by atoms with Crippen LogP contribution in [0.15, 0.2) is 41.4 Å². The van der Waals surface area contributed by atoms with Crippen molar-refractivity contribution in [1.29, 1.82) is 0 Å². The van der Waals surface area contributed by atoms with Gasteiger partial charge in [-0.05, 0) is 74.2 Å². The van der Waals surface area contributed by atoms with Gasteiger partial charge in [0.25, 0.3) is 0 Å². The molecule has 19 heavy (non-hydrogen) atoms. The van der Waals surface area contributed by atoms with Crippen LogP contribution in [0.5, 0.6) is 0 Å². The molecule has 2 aromatic rings. The fraction of sp³-hybridized carbons (Fsp3) is 0.235. The van der Waals surface area contributed by atoms with E-state index in [9.17, 15) is 0 Å². The van der Waals surface area contributed by atoms with E-state index in [0.717, 1.165) is 11.4 Å². The largest absolute Gasteiger partial charge is 0.346 e. The molecule has 0 bridgehead atoms. The highest BCUT2D eigenvalue weighted by molar-refractivity contribution is 5.78. The third-order valence-corrected chi connectivity index (χ3v) is 2.87. The predicted molar refractivity (Wildman–Crippen MR) is 83.6 cm³/mol. The van der Waals surface area contributed by atoms with E-state index in [2.05, 4.69) is 74.4 Å². The van der Waals surface area contributed by atoms with Crippen molar-refractivity contribution in [2.45, 2.75) is 27.7 Å². The van der Waals surface area contributed by atoms with Gasteiger partial charge in [-0.1, -0.05) is 12.1 Å². The van der Waals surface area contributed by atoms with E-state index in [4.69, 9.17) is 0 Å². The number of nitrogens with one attached hydrogen (secondary N) is 1. The molecule has 0 amide bonds. The van der Waals surface area contributed by atoms with Crippen LogP contribution in [-0.4, -0.2) is 6.34 Å². The molecule has 0 spiro atoms. The monoisotopic (exact) mass is 252 g/mol. The van der Waals surface area contributed by atoms with Gasteiger partial charge in [0.05, 0.1) is 12.0 Å². The zero-order chi connectivity index (χ0) is 13.8. The number of hydrogen-bond donors (Lipinski definition) is 1. The molecule has 0 radical (unpaired) electrons. The average Bonchev–Trinajstić information content (AvgIpc) is 2.26. The smallest absolute Gasteiger partial charge is 0.0930 e. The summed E-state index contributed by atoms with van der Waals surface area (Å²) >= 11 is 0. The first-order chi connectivity index (χ1) is 9.02. The van der Waals surface area contributed by atoms with Gasteiger partial charge >= 0.3 is 0 Å². The molecule has 2 nitrogen and oxygen atoms in total. The SMILES string of the molecule is Cc1cc(C)cc(N=CNc2cc(C)cc(C)c2)c1. The van der Waals surface area contributed by atoms with Crippen molar-refractivity contribution in [2.75, 3.05) is 5.32 Å². The Morgan fingerprint density at radius 3 is 1.74 bits per heavy atom. The molecule has 0 atom stereocenters. The van der Waals surface area contributed by atoms with Crippen LogP contribution in [0.25, 0.3) is 0 Å². The van der Waals surface area contributed by atoms with Crippen molar-refractivity contribution in [1.82, 2.24) is 0 Å². The molecule has 0 aliphatic carbocycles. The first kappa shape index (κ1) is 13.3. The molecule has 0 saturated heterocycles. The van der Waals surface area contributed by atoms with Crippen LogP contribution in [0.1, 0.15) is 22.3 Å². The molecule has 0 fully saturated rings. The number of benzene rings is 2. The number of anilines is 1. The van der Waals surface area contributed by atoms with Crippen molar-refractivity contribution in [3.8, 4) is 0 Å². The van der Waals surface area contributed by atoms with Crippen LogP contribution in [0.4, 0.5) is 11.4 Å². The molecule has 98 valence electrons. The minimum Gasteiger partial charge on any atom is -0.346 e. The van der Waals surface area contributed by atoms with Crippen LogP contribution in [0.3, 0.4) is 0 Å². The van der Waals surface area contributed by atoms with E-state index in [1.165, 1.54) is 22.3 Å². The molecule has 0 heterocycles. The fourth-order valence-corrected chi connectivity index (χ4v) is 2.26. The van der Waals surface area contributed by atoms with Crippen molar-refractivity contribution in [3.05, 3.63) is 58.7 Å². The summed E-state index contributed by atoms with van der Waals surface area (Å²) in [4.78, 5) is 4.45. The highest BCUT2D eigenvalue weighted by Gasteiger charge is 1.95. The second-order valence-electron chi connectivity index (χ2n) is 5.12. The first-order valence-electron chi connectivity index (χ1n) is 6.48. The van der Waals surface area contributed by atoms with Gasteiger partial charge in [-0.3, -0.25) is 0 Å². The first-order valence-corrected chi connectivity index (χ1v) is 6.48. The van der Waals surface area contributed by atoms with Crippen molar-refractivity contribution in [3.63, 3.8) is 0 Å². The number of aryl methyl sites for hydroxylation is 4. The molecule has 0 aromatic heterocycles. The number of rotatable bonds is 3. The number of hydrogen-bond acceptors (Lipinski definition) is 1. The van der Waals surface area contributed by atoms with Gasteiger partial charge in [0, 0.05) is 5.69 Å². The molecule has 0 aliphatic rings. The van der Waals surface area contributed by atoms with Crippen LogP contribution in [0, 0.1) is 27.7 Å². The Morgan fingerprint density at radius 2 is 1.21 bits per heavy atom. The predicted octanol–water partition coefficient (Wildman–Crippen LogP) is 4.69. The van der Waals surface area contributed by atoms with Gasteiger partial charge in [-0.25, -0.2) is 4.99 Å². The van der Waals surface area contributed by atoms with E-state index < -0.39 is 0 Å². The zero-order valence-electron chi connectivity index (χ0n) is 12.0. The van der Waals surface area contributed by atoms with Crippen LogP contribution in [-0.2, 0) is 0 Å². The van der Waals surface area contributed by atoms with E-state index in [1.54, 1.807) is 6.34 Å². The minimum atomic E-state index is 0.981. The third kappa shape index (κ3) is 3.95. The second kappa shape index (κ2) is 5.70. The summed E-state index contributed by atoms with van der Waals surface area (Å²) in [7, 11) is 0. The van der Waals surface area contributed by atoms with E-state index in [0.29, 0.717) is 0 Å². The van der Waals surface area contributed by atoms with E-state index in [-0.39, 0.29) is 0 Å². The second-order valence-corrected chi connectivity index (χ2v) is 5.12. The Hall–Kier alpha value is -2.09. The van der Waals surface area contributed by atoms with Gasteiger partial charge < -0.3 is 5.32 Å². The topological polar surface area (TPSA) is 24.4 Å². The lowest BCUT2D eigenvalue weighted by Gasteiger charge is -2.04. The van der Waals surface area contributed by atoms with Gasteiger partial charge in [-0.15, -0.1) is 0 Å². The van der Waals surface area contributed by atoms with Crippen molar-refractivity contribution in [2.24, 2.45) is 4.99 Å². The molecular formula is C17H20N2.